The molecule has 24 heavy (non-hydrogen) atoms. The lowest BCUT2D eigenvalue weighted by Crippen LogP contribution is -2.44. The zero-order valence-electron chi connectivity index (χ0n) is 13.9. The number of carbonyl (C=O) groups is 1. The lowest BCUT2D eigenvalue weighted by molar-refractivity contribution is 0.0899. The molecule has 0 aliphatic carbocycles. The van der Waals surface area contributed by atoms with Crippen molar-refractivity contribution >= 4 is 21.8 Å². The highest BCUT2D eigenvalue weighted by molar-refractivity contribution is 9.10. The van der Waals surface area contributed by atoms with Crippen LogP contribution in [0.15, 0.2) is 41.1 Å². The summed E-state index contributed by atoms with van der Waals surface area (Å²) in [6.45, 7) is 5.68. The summed E-state index contributed by atoms with van der Waals surface area (Å²) in [5.41, 5.74) is 1.82. The molecule has 0 spiro atoms. The predicted molar refractivity (Wildman–Crippen MR) is 97.8 cm³/mol. The highest BCUT2D eigenvalue weighted by Crippen LogP contribution is 2.17. The average molecular weight is 391 g/mol. The number of halogens is 1. The highest BCUT2D eigenvalue weighted by atomic mass is 79.9. The number of aromatic nitrogens is 2. The quantitative estimate of drug-likeness (QED) is 0.853. The van der Waals surface area contributed by atoms with Gasteiger partial charge < -0.3 is 9.88 Å². The predicted octanol–water partition coefficient (Wildman–Crippen LogP) is 3.06. The first-order valence-electron chi connectivity index (χ1n) is 8.44. The van der Waals surface area contributed by atoms with Crippen LogP contribution in [0.5, 0.6) is 0 Å². The summed E-state index contributed by atoms with van der Waals surface area (Å²) >= 11 is 3.44. The molecule has 3 heterocycles. The smallest absolute Gasteiger partial charge is 0.268 e. The molecule has 2 aromatic rings. The van der Waals surface area contributed by atoms with Crippen LogP contribution in [0.2, 0.25) is 0 Å². The molecule has 0 bridgehead atoms. The molecule has 1 aliphatic heterocycles. The van der Waals surface area contributed by atoms with E-state index >= 15 is 0 Å². The fourth-order valence-corrected chi connectivity index (χ4v) is 3.61. The van der Waals surface area contributed by atoms with Crippen molar-refractivity contribution in [2.45, 2.75) is 38.9 Å². The van der Waals surface area contributed by atoms with Crippen LogP contribution in [0, 0.1) is 0 Å². The zero-order valence-corrected chi connectivity index (χ0v) is 15.5. The van der Waals surface area contributed by atoms with E-state index in [0.717, 1.165) is 54.9 Å². The van der Waals surface area contributed by atoms with Crippen LogP contribution in [0.1, 0.15) is 35.9 Å². The number of nitrogens with zero attached hydrogens (tertiary/aromatic N) is 3. The number of hydrogen-bond donors (Lipinski definition) is 1. The Morgan fingerprint density at radius 2 is 2.17 bits per heavy atom. The molecule has 6 heteroatoms. The van der Waals surface area contributed by atoms with Crippen LogP contribution in [0.3, 0.4) is 0 Å². The Bertz CT molecular complexity index is 678. The number of carbonyl (C=O) groups excluding carboxylic acids is 1. The fraction of sp³-hybridized carbons (Fsp3) is 0.444. The Morgan fingerprint density at radius 1 is 1.38 bits per heavy atom. The number of amides is 1. The SMILES string of the molecule is CCn1cc(Br)cc1C(=O)NC1CCN(Cc2ccccn2)CC1. The number of hydrogen-bond acceptors (Lipinski definition) is 3. The number of nitrogens with one attached hydrogen (secondary N) is 1. The molecule has 1 aliphatic rings. The first-order valence-corrected chi connectivity index (χ1v) is 9.24. The first-order chi connectivity index (χ1) is 11.7. The molecule has 0 aromatic carbocycles. The second kappa shape index (κ2) is 7.94. The van der Waals surface area contributed by atoms with Crippen molar-refractivity contribution in [3.63, 3.8) is 0 Å². The normalized spacial score (nSPS) is 16.2. The molecule has 0 radical (unpaired) electrons. The van der Waals surface area contributed by atoms with E-state index in [0.29, 0.717) is 0 Å². The molecular weight excluding hydrogens is 368 g/mol. The molecule has 128 valence electrons. The Hall–Kier alpha value is -1.66. The topological polar surface area (TPSA) is 50.2 Å². The van der Waals surface area contributed by atoms with Gasteiger partial charge in [-0.1, -0.05) is 6.07 Å². The summed E-state index contributed by atoms with van der Waals surface area (Å²) in [5.74, 6) is 0.0192. The first kappa shape index (κ1) is 17.2. The highest BCUT2D eigenvalue weighted by Gasteiger charge is 2.22. The lowest BCUT2D eigenvalue weighted by atomic mass is 10.0. The van der Waals surface area contributed by atoms with Crippen molar-refractivity contribution < 1.29 is 4.79 Å². The minimum Gasteiger partial charge on any atom is -0.348 e. The van der Waals surface area contributed by atoms with Gasteiger partial charge in [0, 0.05) is 49.1 Å². The number of rotatable bonds is 5. The van der Waals surface area contributed by atoms with Crippen LogP contribution < -0.4 is 5.32 Å². The molecule has 5 nitrogen and oxygen atoms in total. The summed E-state index contributed by atoms with van der Waals surface area (Å²) in [7, 11) is 0. The van der Waals surface area contributed by atoms with Crippen LogP contribution in [0.25, 0.3) is 0 Å². The molecule has 0 saturated carbocycles. The molecular formula is C18H23BrN4O. The van der Waals surface area contributed by atoms with Gasteiger partial charge in [-0.25, -0.2) is 0 Å². The van der Waals surface area contributed by atoms with Gasteiger partial charge >= 0.3 is 0 Å². The number of aryl methyl sites for hydroxylation is 1. The largest absolute Gasteiger partial charge is 0.348 e. The van der Waals surface area contributed by atoms with E-state index in [1.54, 1.807) is 0 Å². The minimum absolute atomic E-state index is 0.0192. The van der Waals surface area contributed by atoms with E-state index in [2.05, 4.69) is 37.2 Å². The van der Waals surface area contributed by atoms with Crippen LogP contribution in [-0.2, 0) is 13.1 Å². The van der Waals surface area contributed by atoms with Crippen LogP contribution in [-0.4, -0.2) is 39.5 Å². The fourth-order valence-electron chi connectivity index (χ4n) is 3.14. The summed E-state index contributed by atoms with van der Waals surface area (Å²) in [6.07, 6.45) is 5.74. The summed E-state index contributed by atoms with van der Waals surface area (Å²) in [4.78, 5) is 19.3. The van der Waals surface area contributed by atoms with Gasteiger partial charge in [0.05, 0.1) is 5.69 Å². The molecule has 0 unspecified atom stereocenters. The van der Waals surface area contributed by atoms with Crippen molar-refractivity contribution in [1.29, 1.82) is 0 Å². The van der Waals surface area contributed by atoms with Crippen molar-refractivity contribution in [1.82, 2.24) is 19.8 Å². The third kappa shape index (κ3) is 4.24. The van der Waals surface area contributed by atoms with Gasteiger partial charge in [-0.2, -0.15) is 0 Å². The Balaban J connectivity index is 1.51. The van der Waals surface area contributed by atoms with Crippen LogP contribution in [0.4, 0.5) is 0 Å². The molecule has 0 atom stereocenters. The van der Waals surface area contributed by atoms with Gasteiger partial charge in [-0.15, -0.1) is 0 Å². The van der Waals surface area contributed by atoms with Gasteiger partial charge in [0.2, 0.25) is 0 Å². The van der Waals surface area contributed by atoms with Crippen molar-refractivity contribution in [3.05, 3.63) is 52.5 Å². The van der Waals surface area contributed by atoms with Crippen molar-refractivity contribution in [2.24, 2.45) is 0 Å². The standard InChI is InChI=1S/C18H23BrN4O/c1-2-23-12-14(19)11-17(23)18(24)21-15-6-9-22(10-7-15)13-16-5-3-4-8-20-16/h3-5,8,11-12,15H,2,6-7,9-10,13H2,1H3,(H,21,24). The van der Waals surface area contributed by atoms with Crippen molar-refractivity contribution in [3.8, 4) is 0 Å². The second-order valence-electron chi connectivity index (χ2n) is 6.17. The van der Waals surface area contributed by atoms with Gasteiger partial charge in [-0.05, 0) is 53.9 Å². The number of piperidine rings is 1. The summed E-state index contributed by atoms with van der Waals surface area (Å²) < 4.78 is 2.91. The molecule has 1 N–H and O–H groups in total. The monoisotopic (exact) mass is 390 g/mol. The molecule has 2 aromatic heterocycles. The van der Waals surface area contributed by atoms with E-state index < -0.39 is 0 Å². The van der Waals surface area contributed by atoms with E-state index in [-0.39, 0.29) is 11.9 Å². The Labute approximate surface area is 151 Å². The van der Waals surface area contributed by atoms with Gasteiger partial charge in [0.25, 0.3) is 5.91 Å². The van der Waals surface area contributed by atoms with E-state index in [9.17, 15) is 4.79 Å². The lowest BCUT2D eigenvalue weighted by Gasteiger charge is -2.32. The minimum atomic E-state index is 0.0192. The maximum absolute atomic E-state index is 12.5. The summed E-state index contributed by atoms with van der Waals surface area (Å²) in [6, 6.07) is 8.16. The number of likely N-dealkylation sites (tertiary alicyclic amines) is 1. The maximum Gasteiger partial charge on any atom is 0.268 e. The molecule has 3 rings (SSSR count). The molecule has 1 fully saturated rings. The van der Waals surface area contributed by atoms with Gasteiger partial charge in [0.15, 0.2) is 0 Å². The van der Waals surface area contributed by atoms with Gasteiger partial charge in [0.1, 0.15) is 5.69 Å². The van der Waals surface area contributed by atoms with E-state index in [1.165, 1.54) is 0 Å². The molecule has 1 amide bonds. The van der Waals surface area contributed by atoms with E-state index in [1.807, 2.05) is 42.1 Å². The second-order valence-corrected chi connectivity index (χ2v) is 7.09. The van der Waals surface area contributed by atoms with Crippen molar-refractivity contribution in [2.75, 3.05) is 13.1 Å². The summed E-state index contributed by atoms with van der Waals surface area (Å²) in [5, 5.41) is 3.18. The van der Waals surface area contributed by atoms with E-state index in [4.69, 9.17) is 0 Å². The third-order valence-electron chi connectivity index (χ3n) is 4.47. The molecule has 1 saturated heterocycles. The Morgan fingerprint density at radius 3 is 2.83 bits per heavy atom. The van der Waals surface area contributed by atoms with Crippen LogP contribution >= 0.6 is 15.9 Å². The average Bonchev–Trinajstić information content (AvgIpc) is 2.99. The van der Waals surface area contributed by atoms with Gasteiger partial charge in [-0.3, -0.25) is 14.7 Å². The zero-order chi connectivity index (χ0) is 16.9. The maximum atomic E-state index is 12.5. The Kier molecular flexibility index (Phi) is 5.68. The third-order valence-corrected chi connectivity index (χ3v) is 4.90. The number of pyridine rings is 1.